The predicted octanol–water partition coefficient (Wildman–Crippen LogP) is 2.38. The van der Waals surface area contributed by atoms with E-state index in [1.807, 2.05) is 0 Å². The van der Waals surface area contributed by atoms with Gasteiger partial charge in [-0.1, -0.05) is 0 Å². The van der Waals surface area contributed by atoms with Crippen molar-refractivity contribution in [3.05, 3.63) is 22.8 Å². The number of rotatable bonds is 1. The third kappa shape index (κ3) is 3.59. The fraction of sp³-hybridized carbons (Fsp3) is 0.625. The summed E-state index contributed by atoms with van der Waals surface area (Å²) in [6.07, 6.45) is -3.83. The van der Waals surface area contributed by atoms with Crippen molar-refractivity contribution in [2.24, 2.45) is 5.92 Å². The lowest BCUT2D eigenvalue weighted by Gasteiger charge is -2.35. The Bertz CT molecular complexity index is 731. The minimum absolute atomic E-state index is 0.0227. The third-order valence-corrected chi connectivity index (χ3v) is 5.59. The number of fused-ring (bicyclic) bond motifs is 1. The molecule has 0 radical (unpaired) electrons. The first kappa shape index (κ1) is 18.0. The maximum Gasteiger partial charge on any atom is 0.433 e. The maximum atomic E-state index is 13.3. The largest absolute Gasteiger partial charge is 0.433 e. The van der Waals surface area contributed by atoms with E-state index in [0.717, 1.165) is 5.75 Å². The van der Waals surface area contributed by atoms with Crippen LogP contribution in [-0.2, 0) is 23.8 Å². The highest BCUT2D eigenvalue weighted by Crippen LogP contribution is 2.36. The first-order chi connectivity index (χ1) is 11.8. The molecule has 1 saturated heterocycles. The number of hydrogen-bond acceptors (Lipinski definition) is 5. The van der Waals surface area contributed by atoms with E-state index in [1.54, 1.807) is 11.8 Å². The molecule has 2 heterocycles. The third-order valence-electron chi connectivity index (χ3n) is 4.56. The summed E-state index contributed by atoms with van der Waals surface area (Å²) in [6.45, 7) is 1.90. The van der Waals surface area contributed by atoms with Crippen LogP contribution >= 0.6 is 11.8 Å². The monoisotopic (exact) mass is 370 g/mol. The van der Waals surface area contributed by atoms with Gasteiger partial charge in [0, 0.05) is 35.2 Å². The van der Waals surface area contributed by atoms with E-state index in [1.165, 1.54) is 11.8 Å². The number of carbonyl (C=O) groups is 1. The van der Waals surface area contributed by atoms with Gasteiger partial charge in [-0.15, -0.1) is 0 Å². The average Bonchev–Trinajstić information content (AvgIpc) is 2.59. The Morgan fingerprint density at radius 2 is 2.16 bits per heavy atom. The Morgan fingerprint density at radius 1 is 1.40 bits per heavy atom. The van der Waals surface area contributed by atoms with Gasteiger partial charge in [-0.2, -0.15) is 30.2 Å². The quantitative estimate of drug-likeness (QED) is 0.759. The first-order valence-corrected chi connectivity index (χ1v) is 9.18. The van der Waals surface area contributed by atoms with E-state index in [2.05, 4.69) is 16.0 Å². The van der Waals surface area contributed by atoms with Gasteiger partial charge in [0.15, 0.2) is 5.69 Å². The lowest BCUT2D eigenvalue weighted by atomic mass is 9.84. The SMILES string of the molecule is Cc1nc2c(c(C(F)(F)F)n1)C[C@H](C(=O)N1CCSC[C@@H]1C#N)CC2. The van der Waals surface area contributed by atoms with Crippen molar-refractivity contribution in [3.8, 4) is 6.07 Å². The number of hydrogen-bond donors (Lipinski definition) is 0. The van der Waals surface area contributed by atoms with E-state index in [4.69, 9.17) is 0 Å². The summed E-state index contributed by atoms with van der Waals surface area (Å²) in [5.41, 5.74) is -0.518. The van der Waals surface area contributed by atoms with Crippen molar-refractivity contribution < 1.29 is 18.0 Å². The molecule has 1 aromatic heterocycles. The van der Waals surface area contributed by atoms with Crippen LogP contribution in [-0.4, -0.2) is 44.9 Å². The fourth-order valence-corrected chi connectivity index (χ4v) is 4.36. The molecule has 9 heteroatoms. The Balaban J connectivity index is 1.88. The zero-order chi connectivity index (χ0) is 18.2. The van der Waals surface area contributed by atoms with Crippen molar-refractivity contribution in [2.45, 2.75) is 38.4 Å². The molecule has 1 fully saturated rings. The minimum atomic E-state index is -4.57. The Kier molecular flexibility index (Phi) is 4.91. The van der Waals surface area contributed by atoms with Crippen molar-refractivity contribution in [3.63, 3.8) is 0 Å². The van der Waals surface area contributed by atoms with Crippen LogP contribution in [0.1, 0.15) is 29.2 Å². The molecule has 0 saturated carbocycles. The second kappa shape index (κ2) is 6.83. The highest BCUT2D eigenvalue weighted by molar-refractivity contribution is 7.99. The Hall–Kier alpha value is -1.82. The van der Waals surface area contributed by atoms with E-state index in [0.29, 0.717) is 30.8 Å². The predicted molar refractivity (Wildman–Crippen MR) is 85.7 cm³/mol. The molecule has 2 atom stereocenters. The minimum Gasteiger partial charge on any atom is -0.325 e. The van der Waals surface area contributed by atoms with Gasteiger partial charge in [-0.25, -0.2) is 9.97 Å². The van der Waals surface area contributed by atoms with Gasteiger partial charge in [-0.05, 0) is 26.2 Å². The van der Waals surface area contributed by atoms with E-state index in [9.17, 15) is 23.2 Å². The van der Waals surface area contributed by atoms with E-state index in [-0.39, 0.29) is 23.7 Å². The number of alkyl halides is 3. The molecular weight excluding hydrogens is 353 g/mol. The summed E-state index contributed by atoms with van der Waals surface area (Å²) in [5, 5.41) is 9.22. The number of nitriles is 1. The van der Waals surface area contributed by atoms with Crippen LogP contribution in [0.3, 0.4) is 0 Å². The molecule has 0 aromatic carbocycles. The molecule has 3 rings (SSSR count). The van der Waals surface area contributed by atoms with Crippen LogP contribution < -0.4 is 0 Å². The number of carbonyl (C=O) groups excluding carboxylic acids is 1. The normalized spacial score (nSPS) is 23.7. The fourth-order valence-electron chi connectivity index (χ4n) is 3.39. The molecule has 1 aliphatic carbocycles. The Labute approximate surface area is 147 Å². The summed E-state index contributed by atoms with van der Waals surface area (Å²) in [7, 11) is 0. The van der Waals surface area contributed by atoms with Crippen molar-refractivity contribution >= 4 is 17.7 Å². The molecule has 0 unspecified atom stereocenters. The maximum absolute atomic E-state index is 13.3. The molecule has 0 spiro atoms. The zero-order valence-electron chi connectivity index (χ0n) is 13.6. The smallest absolute Gasteiger partial charge is 0.325 e. The van der Waals surface area contributed by atoms with Gasteiger partial charge in [0.25, 0.3) is 0 Å². The standard InChI is InChI=1S/C16H17F3N4OS/c1-9-21-13-3-2-10(6-12(13)14(22-9)16(17,18)19)15(24)23-4-5-25-8-11(23)7-20/h10-11H,2-6,8H2,1H3/t10-,11+/m1/s1. The molecule has 0 bridgehead atoms. The number of aryl methyl sites for hydroxylation is 2. The molecule has 0 N–H and O–H groups in total. The molecule has 1 aromatic rings. The molecule has 5 nitrogen and oxygen atoms in total. The summed E-state index contributed by atoms with van der Waals surface area (Å²) >= 11 is 1.61. The molecule has 25 heavy (non-hydrogen) atoms. The number of aromatic nitrogens is 2. The van der Waals surface area contributed by atoms with Crippen LogP contribution in [0.5, 0.6) is 0 Å². The van der Waals surface area contributed by atoms with Gasteiger partial charge in [0.1, 0.15) is 11.9 Å². The van der Waals surface area contributed by atoms with E-state index < -0.39 is 23.8 Å². The van der Waals surface area contributed by atoms with Gasteiger partial charge in [0.2, 0.25) is 5.91 Å². The lowest BCUT2D eigenvalue weighted by Crippen LogP contribution is -2.49. The first-order valence-electron chi connectivity index (χ1n) is 8.02. The van der Waals surface area contributed by atoms with Crippen molar-refractivity contribution in [2.75, 3.05) is 18.1 Å². The Morgan fingerprint density at radius 3 is 2.84 bits per heavy atom. The van der Waals surface area contributed by atoms with Crippen LogP contribution in [0.15, 0.2) is 0 Å². The molecular formula is C16H17F3N4OS. The average molecular weight is 370 g/mol. The molecule has 1 aliphatic heterocycles. The zero-order valence-corrected chi connectivity index (χ0v) is 14.5. The second-order valence-electron chi connectivity index (χ2n) is 6.23. The van der Waals surface area contributed by atoms with Crippen LogP contribution in [0.2, 0.25) is 0 Å². The topological polar surface area (TPSA) is 69.9 Å². The van der Waals surface area contributed by atoms with Gasteiger partial charge < -0.3 is 4.90 Å². The highest BCUT2D eigenvalue weighted by atomic mass is 32.2. The summed E-state index contributed by atoms with van der Waals surface area (Å²) < 4.78 is 40.0. The van der Waals surface area contributed by atoms with Gasteiger partial charge in [0.05, 0.1) is 6.07 Å². The summed E-state index contributed by atoms with van der Waals surface area (Å²) in [6, 6.07) is 1.61. The van der Waals surface area contributed by atoms with Crippen LogP contribution in [0, 0.1) is 24.2 Å². The lowest BCUT2D eigenvalue weighted by molar-refractivity contribution is -0.143. The molecule has 1 amide bonds. The second-order valence-corrected chi connectivity index (χ2v) is 7.38. The summed E-state index contributed by atoms with van der Waals surface area (Å²) in [5.74, 6) is 0.587. The molecule has 134 valence electrons. The van der Waals surface area contributed by atoms with Crippen LogP contribution in [0.4, 0.5) is 13.2 Å². The summed E-state index contributed by atoms with van der Waals surface area (Å²) in [4.78, 5) is 22.0. The number of amides is 1. The number of halogens is 3. The van der Waals surface area contributed by atoms with Gasteiger partial charge in [-0.3, -0.25) is 4.79 Å². The van der Waals surface area contributed by atoms with Crippen molar-refractivity contribution in [1.29, 1.82) is 5.26 Å². The number of thioether (sulfide) groups is 1. The van der Waals surface area contributed by atoms with Crippen molar-refractivity contribution in [1.82, 2.24) is 14.9 Å². The number of nitrogens with zero attached hydrogens (tertiary/aromatic N) is 4. The highest BCUT2D eigenvalue weighted by Gasteiger charge is 2.41. The van der Waals surface area contributed by atoms with E-state index >= 15 is 0 Å². The molecule has 2 aliphatic rings. The van der Waals surface area contributed by atoms with Crippen LogP contribution in [0.25, 0.3) is 0 Å². The van der Waals surface area contributed by atoms with Gasteiger partial charge >= 0.3 is 6.18 Å².